The Balaban J connectivity index is 1.42. The second-order valence-electron chi connectivity index (χ2n) is 9.03. The molecule has 0 saturated carbocycles. The van der Waals surface area contributed by atoms with Crippen molar-refractivity contribution in [1.29, 1.82) is 0 Å². The Morgan fingerprint density at radius 1 is 0.895 bits per heavy atom. The summed E-state index contributed by atoms with van der Waals surface area (Å²) in [5.74, 6) is 2.07. The molecule has 3 heterocycles. The predicted octanol–water partition coefficient (Wildman–Crippen LogP) is 5.20. The number of carbonyl (C=O) groups excluding carboxylic acids is 2. The molecule has 8 nitrogen and oxygen atoms in total. The first-order chi connectivity index (χ1) is 18.5. The first-order valence-electron chi connectivity index (χ1n) is 12.0. The van der Waals surface area contributed by atoms with Crippen LogP contribution in [-0.2, 0) is 4.79 Å². The number of hydrogen-bond acceptors (Lipinski definition) is 8. The van der Waals surface area contributed by atoms with E-state index < -0.39 is 0 Å². The van der Waals surface area contributed by atoms with E-state index in [-0.39, 0.29) is 29.9 Å². The van der Waals surface area contributed by atoms with Crippen LogP contribution in [0.3, 0.4) is 0 Å². The second kappa shape index (κ2) is 9.30. The number of para-hydroxylation sites is 1. The lowest BCUT2D eigenvalue weighted by molar-refractivity contribution is -0.135. The van der Waals surface area contributed by atoms with Crippen molar-refractivity contribution in [3.05, 3.63) is 82.1 Å². The summed E-state index contributed by atoms with van der Waals surface area (Å²) in [5, 5.41) is 0. The van der Waals surface area contributed by atoms with Crippen molar-refractivity contribution in [2.24, 2.45) is 0 Å². The molecule has 0 unspecified atom stereocenters. The first kappa shape index (κ1) is 23.7. The normalized spacial score (nSPS) is 18.3. The number of ketones is 1. The maximum Gasteiger partial charge on any atom is 0.312 e. The highest BCUT2D eigenvalue weighted by atomic mass is 16.5. The van der Waals surface area contributed by atoms with Crippen LogP contribution in [0.2, 0.25) is 0 Å². The van der Waals surface area contributed by atoms with E-state index in [1.165, 1.54) is 21.3 Å². The highest BCUT2D eigenvalue weighted by molar-refractivity contribution is 6.15. The van der Waals surface area contributed by atoms with Crippen molar-refractivity contribution in [3.63, 3.8) is 0 Å². The van der Waals surface area contributed by atoms with E-state index in [2.05, 4.69) is 0 Å². The molecule has 0 bridgehead atoms. The van der Waals surface area contributed by atoms with Crippen LogP contribution in [0.25, 0.3) is 12.2 Å². The van der Waals surface area contributed by atoms with Gasteiger partial charge in [0.1, 0.15) is 23.9 Å². The van der Waals surface area contributed by atoms with E-state index in [9.17, 15) is 9.59 Å². The number of fused-ring (bicyclic) bond motifs is 4. The third-order valence-electron chi connectivity index (χ3n) is 6.87. The highest BCUT2D eigenvalue weighted by Crippen LogP contribution is 2.50. The molecule has 192 valence electrons. The van der Waals surface area contributed by atoms with Gasteiger partial charge in [-0.05, 0) is 53.6 Å². The minimum absolute atomic E-state index is 0.115. The summed E-state index contributed by atoms with van der Waals surface area (Å²) in [6, 6.07) is 14.5. The lowest BCUT2D eigenvalue weighted by Gasteiger charge is -2.30. The fraction of sp³-hybridized carbons (Fsp3) is 0.200. The molecule has 6 rings (SSSR count). The minimum atomic E-state index is -0.358. The van der Waals surface area contributed by atoms with Crippen molar-refractivity contribution >= 4 is 23.9 Å². The van der Waals surface area contributed by atoms with Crippen LogP contribution in [0, 0.1) is 0 Å². The van der Waals surface area contributed by atoms with Crippen molar-refractivity contribution in [2.45, 2.75) is 12.3 Å². The summed E-state index contributed by atoms with van der Waals surface area (Å²) in [6.07, 6.45) is 3.78. The van der Waals surface area contributed by atoms with Crippen molar-refractivity contribution in [1.82, 2.24) is 0 Å². The highest BCUT2D eigenvalue weighted by Gasteiger charge is 2.39. The monoisotopic (exact) mass is 512 g/mol. The number of allylic oxidation sites excluding steroid dienone is 1. The Labute approximate surface area is 219 Å². The third-order valence-corrected chi connectivity index (χ3v) is 6.87. The molecule has 0 N–H and O–H groups in total. The number of hydrogen-bond donors (Lipinski definition) is 0. The van der Waals surface area contributed by atoms with E-state index >= 15 is 0 Å². The largest absolute Gasteiger partial charge is 0.493 e. The summed E-state index contributed by atoms with van der Waals surface area (Å²) in [7, 11) is 4.57. The van der Waals surface area contributed by atoms with Gasteiger partial charge in [-0.1, -0.05) is 18.2 Å². The van der Waals surface area contributed by atoms with Crippen LogP contribution in [0.4, 0.5) is 0 Å². The standard InChI is InChI=1S/C30H24O8/c1-33-24-11-16(12-25(34-2)30(24)35-3)10-23-28(32)19-8-9-22-27(29(19)38-23)20(14-26(31)37-22)18-13-17-6-4-5-7-21(17)36-15-18/h4-13,20H,14-15H2,1-3H3/b23-10-/t20-/m1/s1. The fourth-order valence-electron chi connectivity index (χ4n) is 5.09. The Bertz CT molecular complexity index is 1520. The molecule has 0 aromatic heterocycles. The molecular formula is C30H24O8. The van der Waals surface area contributed by atoms with Crippen molar-refractivity contribution < 1.29 is 38.0 Å². The van der Waals surface area contributed by atoms with E-state index in [4.69, 9.17) is 28.4 Å². The lowest BCUT2D eigenvalue weighted by Crippen LogP contribution is -2.24. The second-order valence-corrected chi connectivity index (χ2v) is 9.03. The molecule has 3 aliphatic rings. The van der Waals surface area contributed by atoms with Crippen LogP contribution < -0.4 is 28.4 Å². The number of methoxy groups -OCH3 is 3. The van der Waals surface area contributed by atoms with Gasteiger partial charge < -0.3 is 28.4 Å². The number of carbonyl (C=O) groups is 2. The summed E-state index contributed by atoms with van der Waals surface area (Å²) in [4.78, 5) is 25.9. The number of esters is 1. The van der Waals surface area contributed by atoms with Gasteiger partial charge in [0, 0.05) is 17.0 Å². The van der Waals surface area contributed by atoms with E-state index in [1.807, 2.05) is 30.3 Å². The Morgan fingerprint density at radius 3 is 2.39 bits per heavy atom. The topological polar surface area (TPSA) is 89.5 Å². The van der Waals surface area contributed by atoms with Gasteiger partial charge in [-0.15, -0.1) is 0 Å². The Hall–Kier alpha value is -4.72. The number of Topliss-reactive ketones (excluding diaryl/α,β-unsaturated/α-hetero) is 1. The zero-order valence-corrected chi connectivity index (χ0v) is 21.0. The SMILES string of the molecule is COc1cc(/C=C2\Oc3c(ccc4c3[C@@H](C3=Cc5ccccc5OC3)CC(=O)O4)C2=O)cc(OC)c1OC. The molecular weight excluding hydrogens is 488 g/mol. The molecule has 0 fully saturated rings. The molecule has 3 aromatic rings. The van der Waals surface area contributed by atoms with Gasteiger partial charge in [0.25, 0.3) is 0 Å². The van der Waals surface area contributed by atoms with Crippen LogP contribution in [-0.4, -0.2) is 39.7 Å². The molecule has 0 amide bonds. The smallest absolute Gasteiger partial charge is 0.312 e. The van der Waals surface area contributed by atoms with E-state index in [0.29, 0.717) is 52.0 Å². The summed E-state index contributed by atoms with van der Waals surface area (Å²) in [6.45, 7) is 0.320. The van der Waals surface area contributed by atoms with Gasteiger partial charge in [0.05, 0.1) is 33.3 Å². The van der Waals surface area contributed by atoms with Gasteiger partial charge >= 0.3 is 5.97 Å². The van der Waals surface area contributed by atoms with Crippen LogP contribution in [0.15, 0.2) is 59.9 Å². The van der Waals surface area contributed by atoms with E-state index in [1.54, 1.807) is 30.3 Å². The molecule has 3 aliphatic heterocycles. The summed E-state index contributed by atoms with van der Waals surface area (Å²) < 4.78 is 34.0. The molecule has 3 aromatic carbocycles. The van der Waals surface area contributed by atoms with Crippen molar-refractivity contribution in [3.8, 4) is 34.5 Å². The molecule has 0 radical (unpaired) electrons. The van der Waals surface area contributed by atoms with E-state index in [0.717, 1.165) is 16.9 Å². The fourth-order valence-corrected chi connectivity index (χ4v) is 5.09. The zero-order valence-electron chi connectivity index (χ0n) is 21.0. The molecule has 0 spiro atoms. The molecule has 38 heavy (non-hydrogen) atoms. The Kier molecular flexibility index (Phi) is 5.79. The molecule has 0 saturated heterocycles. The quantitative estimate of drug-likeness (QED) is 0.262. The first-order valence-corrected chi connectivity index (χ1v) is 12.0. The lowest BCUT2D eigenvalue weighted by atomic mass is 9.83. The van der Waals surface area contributed by atoms with Crippen LogP contribution in [0.1, 0.15) is 39.4 Å². The number of rotatable bonds is 5. The van der Waals surface area contributed by atoms with Gasteiger partial charge in [-0.25, -0.2) is 0 Å². The predicted molar refractivity (Wildman–Crippen MR) is 138 cm³/mol. The maximum atomic E-state index is 13.4. The van der Waals surface area contributed by atoms with Gasteiger partial charge in [0.2, 0.25) is 11.5 Å². The van der Waals surface area contributed by atoms with Gasteiger partial charge in [-0.2, -0.15) is 0 Å². The van der Waals surface area contributed by atoms with Crippen molar-refractivity contribution in [2.75, 3.05) is 27.9 Å². The summed E-state index contributed by atoms with van der Waals surface area (Å²) in [5.41, 5.74) is 3.54. The zero-order chi connectivity index (χ0) is 26.4. The van der Waals surface area contributed by atoms with Gasteiger partial charge in [0.15, 0.2) is 17.3 Å². The average Bonchev–Trinajstić information content (AvgIpc) is 3.26. The molecule has 1 atom stereocenters. The third kappa shape index (κ3) is 3.85. The van der Waals surface area contributed by atoms with Gasteiger partial charge in [-0.3, -0.25) is 9.59 Å². The Morgan fingerprint density at radius 2 is 1.66 bits per heavy atom. The van der Waals surface area contributed by atoms with Crippen LogP contribution in [0.5, 0.6) is 34.5 Å². The number of ether oxygens (including phenoxy) is 6. The van der Waals surface area contributed by atoms with Crippen LogP contribution >= 0.6 is 0 Å². The maximum absolute atomic E-state index is 13.4. The minimum Gasteiger partial charge on any atom is -0.493 e. The molecule has 8 heteroatoms. The summed E-state index contributed by atoms with van der Waals surface area (Å²) >= 11 is 0. The number of benzene rings is 3. The molecule has 0 aliphatic carbocycles. The average molecular weight is 513 g/mol.